The summed E-state index contributed by atoms with van der Waals surface area (Å²) >= 11 is 0. The molecule has 15 rings (SSSR count). The molecule has 96 heavy (non-hydrogen) atoms. The van der Waals surface area contributed by atoms with E-state index in [-0.39, 0.29) is 46.3 Å². The summed E-state index contributed by atoms with van der Waals surface area (Å²) in [4.78, 5) is 32.0. The first-order valence-corrected chi connectivity index (χ1v) is 35.4. The Balaban J connectivity index is 0.802. The van der Waals surface area contributed by atoms with Gasteiger partial charge in [-0.3, -0.25) is 19.4 Å². The number of ether oxygens (including phenoxy) is 4. The van der Waals surface area contributed by atoms with Crippen molar-refractivity contribution >= 4 is 11.9 Å². The first kappa shape index (κ1) is 63.5. The number of carbonyl (C=O) groups excluding carboxylic acids is 2. The van der Waals surface area contributed by atoms with E-state index in [9.17, 15) is 9.59 Å². The molecular weight excluding hydrogens is 1180 g/mol. The number of benzene rings is 9. The number of rotatable bonds is 18. The van der Waals surface area contributed by atoms with Crippen LogP contribution in [0.4, 0.5) is 0 Å². The van der Waals surface area contributed by atoms with Crippen LogP contribution < -0.4 is 9.47 Å². The van der Waals surface area contributed by atoms with Gasteiger partial charge < -0.3 is 18.9 Å². The van der Waals surface area contributed by atoms with Crippen LogP contribution in [0, 0.1) is 0 Å². The van der Waals surface area contributed by atoms with Gasteiger partial charge in [-0.1, -0.05) is 170 Å². The molecule has 0 bridgehead atoms. The third-order valence-electron chi connectivity index (χ3n) is 23.4. The lowest BCUT2D eigenvalue weighted by atomic mass is 9.70. The van der Waals surface area contributed by atoms with Gasteiger partial charge in [0.25, 0.3) is 0 Å². The fraction of sp³-hybridized carbons (Fsp3) is 0.364. The topological polar surface area (TPSA) is 77.5 Å². The van der Waals surface area contributed by atoms with Crippen molar-refractivity contribution in [2.45, 2.75) is 178 Å². The maximum Gasteiger partial charge on any atom is 0.306 e. The van der Waals surface area contributed by atoms with Crippen LogP contribution >= 0.6 is 0 Å². The zero-order chi connectivity index (χ0) is 66.5. The standard InChI is InChI=1S/C88H92N2O6/c1-83(2)53-59(54-84(3,4)89(83)9)95-81(91)41-13-11-27-47-93-79-51-70(58-44-46-68-66-34-20-26-40-76(66)88(78(68)50-58)73-37-23-17-31-63(73)64-32-18-24-38-74(64)88)80(94-48-28-12-14-42-82(92)96-60-55-85(5,6)90(10)86(7,8)56-60)52-69(79)57-43-45-67-65-33-19-25-39-75(65)87(77(67)49-57)71-35-21-15-29-61(71)62-30-16-22-36-72(62)87/h15-26,29-40,43-46,49-52,59-60H,11-14,27-28,41-42,47-48,53-56H2,1-10H3. The molecule has 0 unspecified atom stereocenters. The average molecular weight is 1270 g/mol. The lowest BCUT2D eigenvalue weighted by Gasteiger charge is -2.53. The fourth-order valence-electron chi connectivity index (χ4n) is 18.5. The third-order valence-corrected chi connectivity index (χ3v) is 23.4. The molecule has 0 N–H and O–H groups in total. The van der Waals surface area contributed by atoms with Crippen LogP contribution in [0.2, 0.25) is 0 Å². The Morgan fingerprint density at radius 2 is 0.604 bits per heavy atom. The summed E-state index contributed by atoms with van der Waals surface area (Å²) < 4.78 is 27.0. The largest absolute Gasteiger partial charge is 0.493 e. The van der Waals surface area contributed by atoms with E-state index in [4.69, 9.17) is 18.9 Å². The number of carbonyl (C=O) groups is 2. The van der Waals surface area contributed by atoms with Gasteiger partial charge in [-0.05, 0) is 232 Å². The molecule has 8 nitrogen and oxygen atoms in total. The maximum atomic E-state index is 13.6. The highest BCUT2D eigenvalue weighted by molar-refractivity contribution is 5.98. The predicted molar refractivity (Wildman–Crippen MR) is 388 cm³/mol. The number of esters is 2. The van der Waals surface area contributed by atoms with Crippen LogP contribution in [0.1, 0.15) is 177 Å². The predicted octanol–water partition coefficient (Wildman–Crippen LogP) is 20.0. The van der Waals surface area contributed by atoms with Crippen LogP contribution in [0.5, 0.6) is 11.5 Å². The molecule has 0 aromatic heterocycles. The Labute approximate surface area is 569 Å². The number of likely N-dealkylation sites (tertiary alicyclic amines) is 2. The highest BCUT2D eigenvalue weighted by atomic mass is 16.5. The second kappa shape index (κ2) is 24.2. The molecule has 2 saturated heterocycles. The molecule has 2 fully saturated rings. The van der Waals surface area contributed by atoms with Crippen LogP contribution in [0.25, 0.3) is 66.8 Å². The van der Waals surface area contributed by atoms with Crippen molar-refractivity contribution in [3.63, 3.8) is 0 Å². The molecule has 490 valence electrons. The van der Waals surface area contributed by atoms with Crippen molar-refractivity contribution in [3.05, 3.63) is 239 Å². The van der Waals surface area contributed by atoms with Crippen LogP contribution in [-0.4, -0.2) is 83.4 Å². The number of nitrogens with zero attached hydrogens (tertiary/aromatic N) is 2. The molecular formula is C88H92N2O6. The van der Waals surface area contributed by atoms with E-state index in [1.807, 2.05) is 0 Å². The van der Waals surface area contributed by atoms with Gasteiger partial charge in [-0.25, -0.2) is 0 Å². The lowest BCUT2D eigenvalue weighted by Crippen LogP contribution is -2.60. The van der Waals surface area contributed by atoms with Crippen LogP contribution in [0.3, 0.4) is 0 Å². The van der Waals surface area contributed by atoms with E-state index >= 15 is 0 Å². The van der Waals surface area contributed by atoms with Crippen molar-refractivity contribution < 1.29 is 28.5 Å². The summed E-state index contributed by atoms with van der Waals surface area (Å²) in [6.07, 6.45) is 8.35. The van der Waals surface area contributed by atoms with Crippen LogP contribution in [-0.2, 0) is 29.9 Å². The fourth-order valence-corrected chi connectivity index (χ4v) is 18.5. The minimum atomic E-state index is -0.543. The van der Waals surface area contributed by atoms with Crippen molar-refractivity contribution in [3.8, 4) is 78.3 Å². The molecule has 0 amide bonds. The Bertz CT molecular complexity index is 4080. The summed E-state index contributed by atoms with van der Waals surface area (Å²) in [6, 6.07) is 72.5. The summed E-state index contributed by atoms with van der Waals surface area (Å²) in [7, 11) is 4.36. The molecule has 0 atom stereocenters. The molecule has 0 radical (unpaired) electrons. The SMILES string of the molecule is CN1C(C)(C)CC(OC(=O)CCCCCOc2cc(-c3ccc4c(c3)C3(c5ccccc5-c5ccccc53)c3ccccc3-4)c(OCCCCCC(=O)OC3CC(C)(C)N(C)C(C)(C)C3)cc2-c2ccc3c(c2)C2(c4ccccc4-c4ccccc42)c2ccccc2-3)CC1(C)C. The number of hydrogen-bond acceptors (Lipinski definition) is 8. The van der Waals surface area contributed by atoms with Gasteiger partial charge in [0.05, 0.1) is 24.0 Å². The van der Waals surface area contributed by atoms with Crippen molar-refractivity contribution in [1.82, 2.24) is 9.80 Å². The van der Waals surface area contributed by atoms with Crippen molar-refractivity contribution in [1.29, 1.82) is 0 Å². The van der Waals surface area contributed by atoms with E-state index in [2.05, 4.69) is 273 Å². The highest BCUT2D eigenvalue weighted by Gasteiger charge is 2.54. The van der Waals surface area contributed by atoms with Gasteiger partial charge in [0, 0.05) is 71.8 Å². The van der Waals surface area contributed by atoms with E-state index < -0.39 is 10.8 Å². The normalized spacial score (nSPS) is 18.4. The second-order valence-corrected chi connectivity index (χ2v) is 30.9. The van der Waals surface area contributed by atoms with Crippen LogP contribution in [0.15, 0.2) is 194 Å². The Morgan fingerprint density at radius 3 is 0.896 bits per heavy atom. The van der Waals surface area contributed by atoms with Gasteiger partial charge in [0.1, 0.15) is 23.7 Å². The Kier molecular flexibility index (Phi) is 16.0. The van der Waals surface area contributed by atoms with Gasteiger partial charge in [-0.2, -0.15) is 0 Å². The Hall–Kier alpha value is -8.56. The second-order valence-electron chi connectivity index (χ2n) is 30.9. The third kappa shape index (κ3) is 10.5. The van der Waals surface area contributed by atoms with Crippen molar-refractivity contribution in [2.75, 3.05) is 27.3 Å². The number of hydrogen-bond donors (Lipinski definition) is 0. The molecule has 6 aliphatic rings. The molecule has 4 aliphatic carbocycles. The van der Waals surface area contributed by atoms with Gasteiger partial charge in [0.2, 0.25) is 0 Å². The smallest absolute Gasteiger partial charge is 0.306 e. The number of fused-ring (bicyclic) bond motifs is 20. The molecule has 2 heterocycles. The minimum Gasteiger partial charge on any atom is -0.493 e. The number of unbranched alkanes of at least 4 members (excludes halogenated alkanes) is 4. The maximum absolute atomic E-state index is 13.6. The van der Waals surface area contributed by atoms with E-state index in [0.717, 1.165) is 85.1 Å². The molecule has 0 saturated carbocycles. The Morgan fingerprint density at radius 1 is 0.333 bits per heavy atom. The monoisotopic (exact) mass is 1270 g/mol. The van der Waals surface area contributed by atoms with E-state index in [1.54, 1.807) is 0 Å². The molecule has 8 heteroatoms. The summed E-state index contributed by atoms with van der Waals surface area (Å²) in [5.74, 6) is 1.30. The van der Waals surface area contributed by atoms with Crippen molar-refractivity contribution in [2.24, 2.45) is 0 Å². The quantitative estimate of drug-likeness (QED) is 0.0621. The summed E-state index contributed by atoms with van der Waals surface area (Å²) in [5.41, 5.74) is 22.8. The van der Waals surface area contributed by atoms with E-state index in [0.29, 0.717) is 38.9 Å². The summed E-state index contributed by atoms with van der Waals surface area (Å²) in [5, 5.41) is 0. The van der Waals surface area contributed by atoms with Gasteiger partial charge >= 0.3 is 11.9 Å². The first-order valence-electron chi connectivity index (χ1n) is 35.4. The summed E-state index contributed by atoms with van der Waals surface area (Å²) in [6.45, 7) is 18.9. The zero-order valence-corrected chi connectivity index (χ0v) is 57.9. The zero-order valence-electron chi connectivity index (χ0n) is 57.9. The van der Waals surface area contributed by atoms with Gasteiger partial charge in [0.15, 0.2) is 0 Å². The molecule has 2 spiro atoms. The highest BCUT2D eigenvalue weighted by Crippen LogP contribution is 2.65. The molecule has 2 aliphatic heterocycles. The first-order chi connectivity index (χ1) is 46.2. The molecule has 9 aromatic carbocycles. The molecule has 9 aromatic rings. The van der Waals surface area contributed by atoms with E-state index in [1.165, 1.54) is 89.0 Å². The average Bonchev–Trinajstić information content (AvgIpc) is 1.52. The minimum absolute atomic E-state index is 0.0728. The number of piperidine rings is 2. The van der Waals surface area contributed by atoms with Gasteiger partial charge in [-0.15, -0.1) is 0 Å². The lowest BCUT2D eigenvalue weighted by molar-refractivity contribution is -0.160.